The van der Waals surface area contributed by atoms with Crippen LogP contribution in [0.15, 0.2) is 0 Å². The fraction of sp³-hybridized carbons (Fsp3) is 1.00. The maximum atomic E-state index is 10.2. The van der Waals surface area contributed by atoms with Gasteiger partial charge in [-0.25, -0.2) is 0 Å². The molecule has 0 aromatic carbocycles. The van der Waals surface area contributed by atoms with Crippen molar-refractivity contribution in [2.45, 2.75) is 92.1 Å². The largest absolute Gasteiger partial charge is 0.394 e. The second-order valence-electron chi connectivity index (χ2n) is 9.96. The number of hydrogen-bond donors (Lipinski definition) is 12. The van der Waals surface area contributed by atoms with Gasteiger partial charge in [0.15, 0.2) is 18.9 Å². The van der Waals surface area contributed by atoms with E-state index in [0.717, 1.165) is 0 Å². The molecule has 0 spiro atoms. The van der Waals surface area contributed by atoms with Crippen LogP contribution in [0.3, 0.4) is 0 Å². The first-order valence-electron chi connectivity index (χ1n) is 12.7. The van der Waals surface area contributed by atoms with Crippen LogP contribution in [0.1, 0.15) is 0 Å². The van der Waals surface area contributed by atoms with Crippen LogP contribution in [0, 0.1) is 5.92 Å². The molecule has 12 N–H and O–H groups in total. The minimum absolute atomic E-state index is 0.391. The zero-order valence-electron chi connectivity index (χ0n) is 21.3. The van der Waals surface area contributed by atoms with Crippen LogP contribution < -0.4 is 0 Å². The van der Waals surface area contributed by atoms with Crippen molar-refractivity contribution in [1.29, 1.82) is 0 Å². The number of aliphatic hydroxyl groups is 12. The highest BCUT2D eigenvalue weighted by Crippen LogP contribution is 2.26. The van der Waals surface area contributed by atoms with E-state index in [1.165, 1.54) is 0 Å². The Kier molecular flexibility index (Phi) is 12.8. The lowest BCUT2D eigenvalue weighted by molar-refractivity contribution is -0.321. The normalized spacial score (nSPS) is 46.6. The zero-order valence-corrected chi connectivity index (χ0v) is 21.3. The molecule has 0 amide bonds. The Morgan fingerprint density at radius 1 is 0.400 bits per heavy atom. The fourth-order valence-electron chi connectivity index (χ4n) is 4.45. The lowest BCUT2D eigenvalue weighted by Crippen LogP contribution is -2.60. The third kappa shape index (κ3) is 7.61. The Morgan fingerprint density at radius 2 is 0.650 bits per heavy atom. The molecule has 0 aromatic rings. The first-order valence-corrected chi connectivity index (χ1v) is 12.7. The number of aliphatic hydroxyl groups excluding tert-OH is 12. The lowest BCUT2D eigenvalue weighted by atomic mass is 9.99. The van der Waals surface area contributed by atoms with Gasteiger partial charge in [-0.3, -0.25) is 0 Å². The zero-order chi connectivity index (χ0) is 29.7. The van der Waals surface area contributed by atoms with Crippen LogP contribution in [-0.2, 0) is 28.4 Å². The van der Waals surface area contributed by atoms with Crippen LogP contribution in [0.25, 0.3) is 0 Å². The Balaban J connectivity index is 1.67. The van der Waals surface area contributed by atoms with Crippen LogP contribution in [0.4, 0.5) is 0 Å². The van der Waals surface area contributed by atoms with Gasteiger partial charge in [0.25, 0.3) is 0 Å². The summed E-state index contributed by atoms with van der Waals surface area (Å²) in [5.74, 6) is -0.896. The summed E-state index contributed by atoms with van der Waals surface area (Å²) in [6.45, 7) is -3.27. The second-order valence-corrected chi connectivity index (χ2v) is 9.96. The van der Waals surface area contributed by atoms with Gasteiger partial charge in [-0.15, -0.1) is 0 Å². The highest BCUT2D eigenvalue weighted by Gasteiger charge is 2.47. The van der Waals surface area contributed by atoms with Crippen molar-refractivity contribution in [3.8, 4) is 0 Å². The van der Waals surface area contributed by atoms with Crippen LogP contribution in [0.5, 0.6) is 0 Å². The van der Waals surface area contributed by atoms with Gasteiger partial charge in [0, 0.05) is 5.92 Å². The van der Waals surface area contributed by atoms with Crippen molar-refractivity contribution in [1.82, 2.24) is 0 Å². The van der Waals surface area contributed by atoms with E-state index >= 15 is 0 Å². The first-order chi connectivity index (χ1) is 18.9. The van der Waals surface area contributed by atoms with Crippen molar-refractivity contribution < 1.29 is 89.7 Å². The molecule has 18 nitrogen and oxygen atoms in total. The van der Waals surface area contributed by atoms with Gasteiger partial charge >= 0.3 is 0 Å². The summed E-state index contributed by atoms with van der Waals surface area (Å²) in [7, 11) is 0. The summed E-state index contributed by atoms with van der Waals surface area (Å²) in [6, 6.07) is 0. The molecule has 0 saturated carbocycles. The molecule has 3 fully saturated rings. The molecule has 3 rings (SSSR count). The Hall–Kier alpha value is -0.720. The van der Waals surface area contributed by atoms with E-state index in [-0.39, 0.29) is 0 Å². The SMILES string of the molecule is OC[C@H]1O[C@@H](OCC(CO[C@@H]2O[C@H](CO)[C@H](O)[C@H](O)[C@H]2O)CO[C@@H]2O[C@H](CO)[C@H](O)[C@H](O)[C@H]2O)[C@H](O)[C@@H](O)[C@H]1O. The van der Waals surface area contributed by atoms with Gasteiger partial charge in [-0.1, -0.05) is 0 Å². The molecule has 3 aliphatic rings. The smallest absolute Gasteiger partial charge is 0.186 e. The van der Waals surface area contributed by atoms with Gasteiger partial charge in [0.1, 0.15) is 73.2 Å². The van der Waals surface area contributed by atoms with E-state index in [9.17, 15) is 61.3 Å². The maximum Gasteiger partial charge on any atom is 0.186 e. The van der Waals surface area contributed by atoms with Crippen molar-refractivity contribution >= 4 is 0 Å². The number of hydrogen-bond acceptors (Lipinski definition) is 18. The van der Waals surface area contributed by atoms with Crippen molar-refractivity contribution in [2.75, 3.05) is 39.6 Å². The van der Waals surface area contributed by atoms with E-state index in [2.05, 4.69) is 0 Å². The van der Waals surface area contributed by atoms with Gasteiger partial charge in [-0.05, 0) is 0 Å². The first kappa shape index (κ1) is 33.8. The lowest BCUT2D eigenvalue weighted by Gasteiger charge is -2.41. The molecule has 0 unspecified atom stereocenters. The number of ether oxygens (including phenoxy) is 6. The average Bonchev–Trinajstić information content (AvgIpc) is 2.95. The predicted octanol–water partition coefficient (Wildman–Crippen LogP) is -7.95. The summed E-state index contributed by atoms with van der Waals surface area (Å²) in [6.07, 6.45) is -23.6. The van der Waals surface area contributed by atoms with Crippen LogP contribution >= 0.6 is 0 Å². The van der Waals surface area contributed by atoms with Crippen molar-refractivity contribution in [3.05, 3.63) is 0 Å². The summed E-state index contributed by atoms with van der Waals surface area (Å²) >= 11 is 0. The van der Waals surface area contributed by atoms with E-state index in [1.807, 2.05) is 0 Å². The fourth-order valence-corrected chi connectivity index (χ4v) is 4.45. The topological polar surface area (TPSA) is 298 Å². The molecule has 18 heteroatoms. The molecule has 40 heavy (non-hydrogen) atoms. The minimum Gasteiger partial charge on any atom is -0.394 e. The summed E-state index contributed by atoms with van der Waals surface area (Å²) in [5, 5.41) is 119. The molecule has 0 radical (unpaired) electrons. The quantitative estimate of drug-likeness (QED) is 0.100. The summed E-state index contributed by atoms with van der Waals surface area (Å²) in [4.78, 5) is 0. The average molecular weight is 593 g/mol. The highest BCUT2D eigenvalue weighted by atomic mass is 16.7. The molecule has 3 aliphatic heterocycles. The van der Waals surface area contributed by atoms with E-state index < -0.39 is 138 Å². The van der Waals surface area contributed by atoms with Gasteiger partial charge in [-0.2, -0.15) is 0 Å². The summed E-state index contributed by atoms with van der Waals surface area (Å²) < 4.78 is 32.4. The summed E-state index contributed by atoms with van der Waals surface area (Å²) in [5.41, 5.74) is 0. The Morgan fingerprint density at radius 3 is 0.875 bits per heavy atom. The number of rotatable bonds is 12. The third-order valence-corrected chi connectivity index (χ3v) is 7.03. The molecule has 15 atom stereocenters. The molecule has 0 bridgehead atoms. The van der Waals surface area contributed by atoms with Crippen LogP contribution in [-0.4, -0.2) is 193 Å². The minimum atomic E-state index is -1.73. The van der Waals surface area contributed by atoms with Crippen molar-refractivity contribution in [3.63, 3.8) is 0 Å². The molecule has 0 aliphatic carbocycles. The molecular formula is C22H40O18. The van der Waals surface area contributed by atoms with E-state index in [1.54, 1.807) is 0 Å². The molecule has 3 saturated heterocycles. The van der Waals surface area contributed by atoms with E-state index in [4.69, 9.17) is 28.4 Å². The van der Waals surface area contributed by atoms with E-state index in [0.29, 0.717) is 0 Å². The van der Waals surface area contributed by atoms with Crippen LogP contribution in [0.2, 0.25) is 0 Å². The maximum absolute atomic E-state index is 10.2. The molecule has 3 heterocycles. The van der Waals surface area contributed by atoms with Crippen molar-refractivity contribution in [2.24, 2.45) is 5.92 Å². The monoisotopic (exact) mass is 592 g/mol. The second kappa shape index (κ2) is 15.1. The Labute approximate surface area is 228 Å². The Bertz CT molecular complexity index is 647. The van der Waals surface area contributed by atoms with Gasteiger partial charge in [0.2, 0.25) is 0 Å². The highest BCUT2D eigenvalue weighted by molar-refractivity contribution is 4.91. The standard InChI is InChI=1S/C22H40O18/c23-1-8-11(26)14(29)17(32)20(38-8)35-4-7(5-36-21-18(33)15(30)12(27)9(2-24)39-21)6-37-22-19(34)16(31)13(28)10(3-25)40-22/h7-34H,1-6H2/t8-,9-,10-,11+,12+,13+,14+,15+,16+,17-,18-,19-,20-,21-,22-/m1/s1. The van der Waals surface area contributed by atoms with Gasteiger partial charge < -0.3 is 89.7 Å². The molecular weight excluding hydrogens is 552 g/mol. The predicted molar refractivity (Wildman–Crippen MR) is 123 cm³/mol. The third-order valence-electron chi connectivity index (χ3n) is 7.03. The van der Waals surface area contributed by atoms with Gasteiger partial charge in [0.05, 0.1) is 39.6 Å². The molecule has 0 aromatic heterocycles. The molecule has 236 valence electrons.